The summed E-state index contributed by atoms with van der Waals surface area (Å²) in [6, 6.07) is 3.99. The molecule has 2 aliphatic rings. The minimum atomic E-state index is -0.476. The number of nitrogens with one attached hydrogen (secondary N) is 1. The Labute approximate surface area is 107 Å². The maximum Gasteiger partial charge on any atom is 0.126 e. The van der Waals surface area contributed by atoms with Gasteiger partial charge in [-0.3, -0.25) is 0 Å². The molecule has 3 rings (SSSR count). The lowest BCUT2D eigenvalue weighted by Crippen LogP contribution is -2.28. The van der Waals surface area contributed by atoms with Crippen LogP contribution in [0.15, 0.2) is 18.2 Å². The van der Waals surface area contributed by atoms with Crippen molar-refractivity contribution < 1.29 is 8.78 Å². The number of benzene rings is 1. The first kappa shape index (κ1) is 12.1. The van der Waals surface area contributed by atoms with Crippen LogP contribution in [0, 0.1) is 29.4 Å². The lowest BCUT2D eigenvalue weighted by molar-refractivity contribution is 0.344. The summed E-state index contributed by atoms with van der Waals surface area (Å²) < 4.78 is 26.7. The predicted octanol–water partition coefficient (Wildman–Crippen LogP) is 3.66. The zero-order valence-electron chi connectivity index (χ0n) is 10.6. The molecule has 0 aliphatic heterocycles. The molecule has 1 nitrogen and oxygen atoms in total. The maximum absolute atomic E-state index is 13.3. The summed E-state index contributed by atoms with van der Waals surface area (Å²) >= 11 is 0. The van der Waals surface area contributed by atoms with Crippen molar-refractivity contribution in [2.24, 2.45) is 17.8 Å². The second-order valence-corrected chi connectivity index (χ2v) is 5.73. The molecule has 0 amide bonds. The third kappa shape index (κ3) is 2.28. The molecule has 3 heteroatoms. The van der Waals surface area contributed by atoms with Gasteiger partial charge in [0.2, 0.25) is 0 Å². The van der Waals surface area contributed by atoms with Crippen molar-refractivity contribution in [3.8, 4) is 0 Å². The van der Waals surface area contributed by atoms with E-state index in [0.717, 1.165) is 30.0 Å². The van der Waals surface area contributed by atoms with Gasteiger partial charge in [-0.1, -0.05) is 6.92 Å². The average molecular weight is 251 g/mol. The summed E-state index contributed by atoms with van der Waals surface area (Å²) in [6.07, 6.45) is 3.79. The smallest absolute Gasteiger partial charge is 0.126 e. The molecule has 18 heavy (non-hydrogen) atoms. The first-order valence-corrected chi connectivity index (χ1v) is 6.86. The van der Waals surface area contributed by atoms with Crippen molar-refractivity contribution in [1.82, 2.24) is 5.32 Å². The molecule has 0 radical (unpaired) electrons. The molecule has 1 N–H and O–H groups in total. The first-order valence-electron chi connectivity index (χ1n) is 6.86. The Morgan fingerprint density at radius 1 is 1.11 bits per heavy atom. The molecule has 3 atom stereocenters. The van der Waals surface area contributed by atoms with Crippen molar-refractivity contribution in [2.75, 3.05) is 6.54 Å². The minimum Gasteiger partial charge on any atom is -0.310 e. The second kappa shape index (κ2) is 4.61. The molecular weight excluding hydrogens is 232 g/mol. The fourth-order valence-corrected chi connectivity index (χ4v) is 3.57. The van der Waals surface area contributed by atoms with Gasteiger partial charge in [0.05, 0.1) is 0 Å². The van der Waals surface area contributed by atoms with Gasteiger partial charge in [0, 0.05) is 12.1 Å². The molecule has 0 aromatic heterocycles. The molecule has 0 saturated heterocycles. The van der Waals surface area contributed by atoms with E-state index in [9.17, 15) is 8.78 Å². The molecule has 1 aromatic carbocycles. The fourth-order valence-electron chi connectivity index (χ4n) is 3.57. The second-order valence-electron chi connectivity index (χ2n) is 5.73. The Morgan fingerprint density at radius 2 is 1.72 bits per heavy atom. The summed E-state index contributed by atoms with van der Waals surface area (Å²) in [5.74, 6) is 1.35. The number of fused-ring (bicyclic) bond motifs is 1. The lowest BCUT2D eigenvalue weighted by Gasteiger charge is -2.26. The molecule has 1 aromatic rings. The van der Waals surface area contributed by atoms with Gasteiger partial charge in [-0.25, -0.2) is 8.78 Å². The van der Waals surface area contributed by atoms with E-state index in [1.54, 1.807) is 0 Å². The summed E-state index contributed by atoms with van der Waals surface area (Å²) in [5, 5.41) is 3.40. The topological polar surface area (TPSA) is 12.0 Å². The normalized spacial score (nSPS) is 31.2. The number of hydrogen-bond acceptors (Lipinski definition) is 1. The van der Waals surface area contributed by atoms with Gasteiger partial charge in [0.1, 0.15) is 11.6 Å². The largest absolute Gasteiger partial charge is 0.310 e. The first-order chi connectivity index (χ1) is 8.67. The summed E-state index contributed by atoms with van der Waals surface area (Å²) in [7, 11) is 0. The van der Waals surface area contributed by atoms with E-state index in [1.165, 1.54) is 31.4 Å². The molecule has 2 saturated carbocycles. The van der Waals surface area contributed by atoms with Crippen LogP contribution in [0.25, 0.3) is 0 Å². The Kier molecular flexibility index (Phi) is 3.10. The van der Waals surface area contributed by atoms with E-state index in [0.29, 0.717) is 5.92 Å². The third-order valence-electron chi connectivity index (χ3n) is 4.42. The third-order valence-corrected chi connectivity index (χ3v) is 4.42. The number of rotatable bonds is 4. The van der Waals surface area contributed by atoms with Crippen LogP contribution in [0.5, 0.6) is 0 Å². The molecule has 2 fully saturated rings. The van der Waals surface area contributed by atoms with Gasteiger partial charge in [-0.05, 0) is 61.3 Å². The molecule has 2 aliphatic carbocycles. The van der Waals surface area contributed by atoms with Gasteiger partial charge >= 0.3 is 0 Å². The highest BCUT2D eigenvalue weighted by atomic mass is 19.1. The number of halogens is 2. The van der Waals surface area contributed by atoms with Gasteiger partial charge in [-0.2, -0.15) is 0 Å². The van der Waals surface area contributed by atoms with Gasteiger partial charge in [0.15, 0.2) is 0 Å². The van der Waals surface area contributed by atoms with E-state index >= 15 is 0 Å². The maximum atomic E-state index is 13.3. The molecule has 0 bridgehead atoms. The van der Waals surface area contributed by atoms with Crippen LogP contribution in [0.3, 0.4) is 0 Å². The summed E-state index contributed by atoms with van der Waals surface area (Å²) in [5.41, 5.74) is 0.764. The van der Waals surface area contributed by atoms with Gasteiger partial charge < -0.3 is 5.32 Å². The van der Waals surface area contributed by atoms with Crippen molar-refractivity contribution in [3.05, 3.63) is 35.4 Å². The van der Waals surface area contributed by atoms with E-state index in [-0.39, 0.29) is 6.04 Å². The molecule has 0 spiro atoms. The SMILES string of the molecule is CCNC(c1cc(F)cc(F)c1)C1CC2CC2C1. The standard InChI is InChI=1S/C15H19F2N/c1-2-18-15(11-4-9-3-10(9)5-11)12-6-13(16)8-14(17)7-12/h6-11,15,18H,2-5H2,1H3. The minimum absolute atomic E-state index is 0.105. The monoisotopic (exact) mass is 251 g/mol. The van der Waals surface area contributed by atoms with Crippen molar-refractivity contribution in [3.63, 3.8) is 0 Å². The van der Waals surface area contributed by atoms with E-state index in [4.69, 9.17) is 0 Å². The molecule has 0 heterocycles. The summed E-state index contributed by atoms with van der Waals surface area (Å²) in [6.45, 7) is 2.87. The van der Waals surface area contributed by atoms with Crippen LogP contribution in [0.4, 0.5) is 8.78 Å². The van der Waals surface area contributed by atoms with E-state index < -0.39 is 11.6 Å². The van der Waals surface area contributed by atoms with E-state index in [2.05, 4.69) is 5.32 Å². The average Bonchev–Trinajstić information content (AvgIpc) is 2.92. The van der Waals surface area contributed by atoms with Crippen LogP contribution in [0.1, 0.15) is 37.8 Å². The van der Waals surface area contributed by atoms with E-state index in [1.807, 2.05) is 6.92 Å². The van der Waals surface area contributed by atoms with Crippen molar-refractivity contribution >= 4 is 0 Å². The molecular formula is C15H19F2N. The van der Waals surface area contributed by atoms with Crippen molar-refractivity contribution in [1.29, 1.82) is 0 Å². The van der Waals surface area contributed by atoms with Gasteiger partial charge in [0.25, 0.3) is 0 Å². The Balaban J connectivity index is 1.83. The predicted molar refractivity (Wildman–Crippen MR) is 67.1 cm³/mol. The zero-order chi connectivity index (χ0) is 12.7. The van der Waals surface area contributed by atoms with Crippen LogP contribution in [-0.2, 0) is 0 Å². The van der Waals surface area contributed by atoms with Crippen LogP contribution < -0.4 is 5.32 Å². The fraction of sp³-hybridized carbons (Fsp3) is 0.600. The lowest BCUT2D eigenvalue weighted by atomic mass is 9.89. The number of hydrogen-bond donors (Lipinski definition) is 1. The highest BCUT2D eigenvalue weighted by molar-refractivity contribution is 5.23. The quantitative estimate of drug-likeness (QED) is 0.861. The molecule has 98 valence electrons. The Bertz CT molecular complexity index is 416. The van der Waals surface area contributed by atoms with Crippen LogP contribution in [0.2, 0.25) is 0 Å². The molecule has 3 unspecified atom stereocenters. The Morgan fingerprint density at radius 3 is 2.28 bits per heavy atom. The summed E-state index contributed by atoms with van der Waals surface area (Å²) in [4.78, 5) is 0. The van der Waals surface area contributed by atoms with Crippen LogP contribution in [-0.4, -0.2) is 6.54 Å². The highest BCUT2D eigenvalue weighted by Crippen LogP contribution is 2.57. The van der Waals surface area contributed by atoms with Crippen LogP contribution >= 0.6 is 0 Å². The van der Waals surface area contributed by atoms with Gasteiger partial charge in [-0.15, -0.1) is 0 Å². The highest BCUT2D eigenvalue weighted by Gasteiger charge is 2.47. The zero-order valence-corrected chi connectivity index (χ0v) is 10.6. The Hall–Kier alpha value is -0.960. The van der Waals surface area contributed by atoms with Crippen molar-refractivity contribution in [2.45, 2.75) is 32.2 Å².